The first-order chi connectivity index (χ1) is 5.04. The molecular weight excluding hydrogens is 138 g/mol. The van der Waals surface area contributed by atoms with E-state index in [2.05, 4.69) is 25.8 Å². The molecule has 0 aliphatic rings. The molecule has 0 rings (SSSR count). The number of nitrogens with zero attached hydrogens (tertiary/aromatic N) is 1. The highest BCUT2D eigenvalue weighted by atomic mass is 16.3. The molecule has 0 aliphatic heterocycles. The van der Waals surface area contributed by atoms with Crippen LogP contribution in [0.3, 0.4) is 0 Å². The van der Waals surface area contributed by atoms with Gasteiger partial charge in [0.2, 0.25) is 0 Å². The van der Waals surface area contributed by atoms with Crippen LogP contribution in [-0.2, 0) is 0 Å². The molecule has 0 radical (unpaired) electrons. The SMILES string of the molecule is CC(O)CCCN(C)C(C)C. The Morgan fingerprint density at radius 1 is 1.27 bits per heavy atom. The lowest BCUT2D eigenvalue weighted by atomic mass is 10.2. The summed E-state index contributed by atoms with van der Waals surface area (Å²) < 4.78 is 0. The van der Waals surface area contributed by atoms with E-state index in [-0.39, 0.29) is 6.10 Å². The molecular formula is C9H21NO. The molecule has 68 valence electrons. The maximum atomic E-state index is 8.99. The normalized spacial score (nSPS) is 14.5. The summed E-state index contributed by atoms with van der Waals surface area (Å²) in [5.41, 5.74) is 0. The molecule has 0 amide bonds. The largest absolute Gasteiger partial charge is 0.393 e. The third kappa shape index (κ3) is 6.32. The zero-order valence-corrected chi connectivity index (χ0v) is 8.17. The van der Waals surface area contributed by atoms with Gasteiger partial charge in [0.15, 0.2) is 0 Å². The second-order valence-corrected chi connectivity index (χ2v) is 3.57. The summed E-state index contributed by atoms with van der Waals surface area (Å²) in [5, 5.41) is 8.99. The van der Waals surface area contributed by atoms with Crippen molar-refractivity contribution in [2.75, 3.05) is 13.6 Å². The molecule has 2 heteroatoms. The van der Waals surface area contributed by atoms with E-state index in [9.17, 15) is 0 Å². The highest BCUT2D eigenvalue weighted by molar-refractivity contribution is 4.57. The minimum absolute atomic E-state index is 0.143. The third-order valence-electron chi connectivity index (χ3n) is 2.01. The topological polar surface area (TPSA) is 23.5 Å². The summed E-state index contributed by atoms with van der Waals surface area (Å²) in [6.07, 6.45) is 1.86. The minimum Gasteiger partial charge on any atom is -0.393 e. The Balaban J connectivity index is 3.24. The van der Waals surface area contributed by atoms with Crippen LogP contribution in [0.1, 0.15) is 33.6 Å². The van der Waals surface area contributed by atoms with E-state index in [0.717, 1.165) is 19.4 Å². The molecule has 0 aromatic carbocycles. The Bertz CT molecular complexity index is 91.6. The van der Waals surface area contributed by atoms with E-state index in [1.165, 1.54) is 0 Å². The first kappa shape index (κ1) is 10.9. The Kier molecular flexibility index (Phi) is 5.51. The minimum atomic E-state index is -0.143. The molecule has 0 aliphatic carbocycles. The fourth-order valence-electron chi connectivity index (χ4n) is 0.894. The van der Waals surface area contributed by atoms with Crippen LogP contribution >= 0.6 is 0 Å². The molecule has 0 spiro atoms. The van der Waals surface area contributed by atoms with Crippen molar-refractivity contribution in [3.8, 4) is 0 Å². The monoisotopic (exact) mass is 159 g/mol. The van der Waals surface area contributed by atoms with Crippen molar-refractivity contribution in [3.63, 3.8) is 0 Å². The molecule has 11 heavy (non-hydrogen) atoms. The zero-order valence-electron chi connectivity index (χ0n) is 8.17. The first-order valence-corrected chi connectivity index (χ1v) is 4.42. The second kappa shape index (κ2) is 5.56. The van der Waals surface area contributed by atoms with E-state index >= 15 is 0 Å². The van der Waals surface area contributed by atoms with Crippen molar-refractivity contribution < 1.29 is 5.11 Å². The van der Waals surface area contributed by atoms with Gasteiger partial charge >= 0.3 is 0 Å². The van der Waals surface area contributed by atoms with Crippen LogP contribution < -0.4 is 0 Å². The van der Waals surface area contributed by atoms with Gasteiger partial charge in [-0.25, -0.2) is 0 Å². The van der Waals surface area contributed by atoms with Gasteiger partial charge in [0.05, 0.1) is 6.10 Å². The molecule has 0 saturated carbocycles. The van der Waals surface area contributed by atoms with Crippen molar-refractivity contribution in [1.82, 2.24) is 4.90 Å². The average Bonchev–Trinajstić information content (AvgIpc) is 1.86. The van der Waals surface area contributed by atoms with Crippen molar-refractivity contribution in [2.24, 2.45) is 0 Å². The van der Waals surface area contributed by atoms with Gasteiger partial charge in [0, 0.05) is 6.04 Å². The molecule has 0 aromatic rings. The van der Waals surface area contributed by atoms with Crippen molar-refractivity contribution in [3.05, 3.63) is 0 Å². The van der Waals surface area contributed by atoms with Gasteiger partial charge in [-0.15, -0.1) is 0 Å². The molecule has 1 unspecified atom stereocenters. The maximum Gasteiger partial charge on any atom is 0.0512 e. The smallest absolute Gasteiger partial charge is 0.0512 e. The van der Waals surface area contributed by atoms with Crippen LogP contribution in [-0.4, -0.2) is 35.7 Å². The van der Waals surface area contributed by atoms with Gasteiger partial charge in [0.25, 0.3) is 0 Å². The highest BCUT2D eigenvalue weighted by Crippen LogP contribution is 2.00. The third-order valence-corrected chi connectivity index (χ3v) is 2.01. The zero-order chi connectivity index (χ0) is 8.85. The molecule has 0 aromatic heterocycles. The van der Waals surface area contributed by atoms with Crippen molar-refractivity contribution >= 4 is 0 Å². The lowest BCUT2D eigenvalue weighted by Gasteiger charge is -2.20. The van der Waals surface area contributed by atoms with Crippen LogP contribution in [0.25, 0.3) is 0 Å². The molecule has 0 fully saturated rings. The molecule has 0 heterocycles. The second-order valence-electron chi connectivity index (χ2n) is 3.57. The van der Waals surface area contributed by atoms with Gasteiger partial charge in [-0.05, 0) is 47.2 Å². The Labute approximate surface area is 70.2 Å². The Hall–Kier alpha value is -0.0800. The van der Waals surface area contributed by atoms with Crippen LogP contribution in [0.5, 0.6) is 0 Å². The number of aliphatic hydroxyl groups is 1. The molecule has 1 N–H and O–H groups in total. The van der Waals surface area contributed by atoms with Crippen LogP contribution in [0.4, 0.5) is 0 Å². The predicted molar refractivity (Wildman–Crippen MR) is 48.7 cm³/mol. The molecule has 0 saturated heterocycles. The standard InChI is InChI=1S/C9H21NO/c1-8(2)10(4)7-5-6-9(3)11/h8-9,11H,5-7H2,1-4H3. The summed E-state index contributed by atoms with van der Waals surface area (Å²) in [4.78, 5) is 2.29. The molecule has 2 nitrogen and oxygen atoms in total. The first-order valence-electron chi connectivity index (χ1n) is 4.42. The maximum absolute atomic E-state index is 8.99. The number of aliphatic hydroxyl groups excluding tert-OH is 1. The van der Waals surface area contributed by atoms with E-state index in [1.807, 2.05) is 6.92 Å². The van der Waals surface area contributed by atoms with Gasteiger partial charge in [-0.1, -0.05) is 0 Å². The Morgan fingerprint density at radius 3 is 2.18 bits per heavy atom. The van der Waals surface area contributed by atoms with Gasteiger partial charge in [0.1, 0.15) is 0 Å². The van der Waals surface area contributed by atoms with E-state index < -0.39 is 0 Å². The van der Waals surface area contributed by atoms with Crippen LogP contribution in [0.15, 0.2) is 0 Å². The summed E-state index contributed by atoms with van der Waals surface area (Å²) in [6, 6.07) is 0.615. The van der Waals surface area contributed by atoms with E-state index in [1.54, 1.807) is 0 Å². The molecule has 0 bridgehead atoms. The van der Waals surface area contributed by atoms with Crippen LogP contribution in [0, 0.1) is 0 Å². The lowest BCUT2D eigenvalue weighted by molar-refractivity contribution is 0.170. The van der Waals surface area contributed by atoms with Crippen molar-refractivity contribution in [2.45, 2.75) is 45.8 Å². The van der Waals surface area contributed by atoms with Crippen molar-refractivity contribution in [1.29, 1.82) is 0 Å². The quantitative estimate of drug-likeness (QED) is 0.657. The highest BCUT2D eigenvalue weighted by Gasteiger charge is 2.02. The fourth-order valence-corrected chi connectivity index (χ4v) is 0.894. The van der Waals surface area contributed by atoms with Gasteiger partial charge < -0.3 is 10.0 Å². The average molecular weight is 159 g/mol. The number of hydrogen-bond donors (Lipinski definition) is 1. The van der Waals surface area contributed by atoms with Gasteiger partial charge in [-0.2, -0.15) is 0 Å². The van der Waals surface area contributed by atoms with Gasteiger partial charge in [-0.3, -0.25) is 0 Å². The summed E-state index contributed by atoms with van der Waals surface area (Å²) >= 11 is 0. The lowest BCUT2D eigenvalue weighted by Crippen LogP contribution is -2.27. The predicted octanol–water partition coefficient (Wildman–Crippen LogP) is 1.49. The van der Waals surface area contributed by atoms with E-state index in [4.69, 9.17) is 5.11 Å². The summed E-state index contributed by atoms with van der Waals surface area (Å²) in [7, 11) is 2.12. The Morgan fingerprint density at radius 2 is 1.82 bits per heavy atom. The van der Waals surface area contributed by atoms with E-state index in [0.29, 0.717) is 6.04 Å². The van der Waals surface area contributed by atoms with Crippen LogP contribution in [0.2, 0.25) is 0 Å². The number of hydrogen-bond acceptors (Lipinski definition) is 2. The summed E-state index contributed by atoms with van der Waals surface area (Å²) in [5.74, 6) is 0. The fraction of sp³-hybridized carbons (Fsp3) is 1.00. The summed E-state index contributed by atoms with van der Waals surface area (Å²) in [6.45, 7) is 7.29. The number of rotatable bonds is 5. The molecule has 1 atom stereocenters.